The number of amides is 1. The highest BCUT2D eigenvalue weighted by Crippen LogP contribution is 2.27. The van der Waals surface area contributed by atoms with Crippen LogP contribution in [-0.2, 0) is 11.2 Å². The second kappa shape index (κ2) is 8.73. The van der Waals surface area contributed by atoms with Gasteiger partial charge in [0.15, 0.2) is 5.82 Å². The Kier molecular flexibility index (Phi) is 5.90. The second-order valence-corrected chi connectivity index (χ2v) is 7.60. The number of nitrogens with zero attached hydrogens (tertiary/aromatic N) is 3. The Hall–Kier alpha value is -2.41. The van der Waals surface area contributed by atoms with E-state index in [1.807, 2.05) is 23.1 Å². The van der Waals surface area contributed by atoms with Crippen LogP contribution in [0.4, 0.5) is 0 Å². The molecular weight excluding hydrogens is 358 g/mol. The second-order valence-electron chi connectivity index (χ2n) is 7.60. The van der Waals surface area contributed by atoms with E-state index >= 15 is 0 Å². The molecule has 0 aliphatic carbocycles. The first-order chi connectivity index (χ1) is 13.7. The maximum absolute atomic E-state index is 12.7. The van der Waals surface area contributed by atoms with E-state index in [9.17, 15) is 4.79 Å². The molecule has 3 heterocycles. The summed E-state index contributed by atoms with van der Waals surface area (Å²) in [7, 11) is 1.61. The molecule has 0 unspecified atom stereocenters. The first kappa shape index (κ1) is 18.9. The van der Waals surface area contributed by atoms with Gasteiger partial charge in [0.25, 0.3) is 5.91 Å². The Bertz CT molecular complexity index is 792. The molecule has 0 N–H and O–H groups in total. The number of piperidine rings is 1. The molecule has 0 saturated carbocycles. The zero-order chi connectivity index (χ0) is 19.3. The summed E-state index contributed by atoms with van der Waals surface area (Å²) in [6.45, 7) is 3.05. The van der Waals surface area contributed by atoms with Gasteiger partial charge in [-0.25, -0.2) is 0 Å². The summed E-state index contributed by atoms with van der Waals surface area (Å²) in [6.07, 6.45) is 4.61. The van der Waals surface area contributed by atoms with Crippen LogP contribution in [0.1, 0.15) is 53.7 Å². The van der Waals surface area contributed by atoms with Crippen LogP contribution in [0.15, 0.2) is 28.8 Å². The minimum Gasteiger partial charge on any atom is -0.497 e. The van der Waals surface area contributed by atoms with Gasteiger partial charge < -0.3 is 18.9 Å². The predicted octanol–water partition coefficient (Wildman–Crippen LogP) is 3.07. The fourth-order valence-electron chi connectivity index (χ4n) is 4.00. The summed E-state index contributed by atoms with van der Waals surface area (Å²) >= 11 is 0. The molecule has 0 atom stereocenters. The molecule has 0 radical (unpaired) electrons. The number of hydrogen-bond acceptors (Lipinski definition) is 6. The van der Waals surface area contributed by atoms with Gasteiger partial charge in [0.05, 0.1) is 7.11 Å². The van der Waals surface area contributed by atoms with Crippen molar-refractivity contribution in [3.8, 4) is 5.75 Å². The number of aromatic nitrogens is 2. The Morgan fingerprint density at radius 2 is 2.00 bits per heavy atom. The molecule has 0 spiro atoms. The van der Waals surface area contributed by atoms with Gasteiger partial charge in [0.2, 0.25) is 5.89 Å². The number of methoxy groups -OCH3 is 1. The molecule has 0 bridgehead atoms. The average Bonchev–Trinajstić information content (AvgIpc) is 3.23. The third-order valence-corrected chi connectivity index (χ3v) is 5.75. The lowest BCUT2D eigenvalue weighted by atomic mass is 9.93. The third kappa shape index (κ3) is 4.35. The van der Waals surface area contributed by atoms with Crippen LogP contribution in [0.5, 0.6) is 5.75 Å². The van der Waals surface area contributed by atoms with E-state index in [4.69, 9.17) is 14.0 Å². The van der Waals surface area contributed by atoms with Gasteiger partial charge in [-0.05, 0) is 49.8 Å². The van der Waals surface area contributed by atoms with Crippen molar-refractivity contribution in [1.29, 1.82) is 0 Å². The van der Waals surface area contributed by atoms with Gasteiger partial charge in [-0.3, -0.25) is 4.79 Å². The SMILES string of the molecule is COc1cccc(C(=O)N2CCC(Cc3nc(C4CCOCC4)no3)CC2)c1. The number of benzene rings is 1. The number of ether oxygens (including phenoxy) is 2. The monoisotopic (exact) mass is 385 g/mol. The highest BCUT2D eigenvalue weighted by atomic mass is 16.5. The highest BCUT2D eigenvalue weighted by molar-refractivity contribution is 5.94. The Labute approximate surface area is 165 Å². The molecule has 2 aliphatic rings. The number of likely N-dealkylation sites (tertiary alicyclic amines) is 1. The molecule has 1 aromatic carbocycles. The molecule has 2 aromatic rings. The number of carbonyl (C=O) groups is 1. The van der Waals surface area contributed by atoms with Gasteiger partial charge in [0.1, 0.15) is 5.75 Å². The molecule has 7 heteroatoms. The first-order valence-electron chi connectivity index (χ1n) is 10.1. The number of rotatable bonds is 5. The fourth-order valence-corrected chi connectivity index (χ4v) is 4.00. The van der Waals surface area contributed by atoms with Crippen molar-refractivity contribution in [3.05, 3.63) is 41.5 Å². The van der Waals surface area contributed by atoms with Gasteiger partial charge in [-0.2, -0.15) is 4.98 Å². The fraction of sp³-hybridized carbons (Fsp3) is 0.571. The van der Waals surface area contributed by atoms with Crippen LogP contribution in [0, 0.1) is 5.92 Å². The summed E-state index contributed by atoms with van der Waals surface area (Å²) in [4.78, 5) is 19.3. The molecule has 4 rings (SSSR count). The Morgan fingerprint density at radius 1 is 1.21 bits per heavy atom. The van der Waals surface area contributed by atoms with Crippen molar-refractivity contribution in [2.24, 2.45) is 5.92 Å². The number of carbonyl (C=O) groups excluding carboxylic acids is 1. The van der Waals surface area contributed by atoms with Crippen molar-refractivity contribution in [2.75, 3.05) is 33.4 Å². The van der Waals surface area contributed by atoms with Crippen LogP contribution < -0.4 is 4.74 Å². The van der Waals surface area contributed by atoms with Crippen molar-refractivity contribution in [1.82, 2.24) is 15.0 Å². The van der Waals surface area contributed by atoms with Crippen LogP contribution in [0.25, 0.3) is 0 Å². The van der Waals surface area contributed by atoms with E-state index in [1.54, 1.807) is 13.2 Å². The van der Waals surface area contributed by atoms with Gasteiger partial charge in [-0.1, -0.05) is 11.2 Å². The lowest BCUT2D eigenvalue weighted by molar-refractivity contribution is 0.0687. The van der Waals surface area contributed by atoms with Crippen molar-refractivity contribution >= 4 is 5.91 Å². The van der Waals surface area contributed by atoms with Gasteiger partial charge in [0, 0.05) is 44.2 Å². The van der Waals surface area contributed by atoms with Gasteiger partial charge >= 0.3 is 0 Å². The number of hydrogen-bond donors (Lipinski definition) is 0. The minimum atomic E-state index is 0.0666. The smallest absolute Gasteiger partial charge is 0.253 e. The summed E-state index contributed by atoms with van der Waals surface area (Å²) in [5, 5.41) is 4.19. The van der Waals surface area contributed by atoms with Crippen LogP contribution in [0.3, 0.4) is 0 Å². The minimum absolute atomic E-state index is 0.0666. The van der Waals surface area contributed by atoms with Crippen molar-refractivity contribution in [2.45, 2.75) is 38.0 Å². The summed E-state index contributed by atoms with van der Waals surface area (Å²) in [6, 6.07) is 7.34. The zero-order valence-corrected chi connectivity index (χ0v) is 16.3. The lowest BCUT2D eigenvalue weighted by Crippen LogP contribution is -2.38. The van der Waals surface area contributed by atoms with E-state index in [1.165, 1.54) is 0 Å². The van der Waals surface area contributed by atoms with Crippen LogP contribution >= 0.6 is 0 Å². The molecule has 2 fully saturated rings. The average molecular weight is 385 g/mol. The quantitative estimate of drug-likeness (QED) is 0.787. The summed E-state index contributed by atoms with van der Waals surface area (Å²) in [5.74, 6) is 3.14. The maximum atomic E-state index is 12.7. The molecule has 150 valence electrons. The van der Waals surface area contributed by atoms with Crippen molar-refractivity contribution < 1.29 is 18.8 Å². The zero-order valence-electron chi connectivity index (χ0n) is 16.3. The van der Waals surface area contributed by atoms with Gasteiger partial charge in [-0.15, -0.1) is 0 Å². The topological polar surface area (TPSA) is 77.7 Å². The normalized spacial score (nSPS) is 19.0. The summed E-state index contributed by atoms with van der Waals surface area (Å²) in [5.41, 5.74) is 0.677. The van der Waals surface area contributed by atoms with E-state index < -0.39 is 0 Å². The standard InChI is InChI=1S/C21H27N3O4/c1-26-18-4-2-3-17(14-18)21(25)24-9-5-15(6-10-24)13-19-22-20(23-28-19)16-7-11-27-12-8-16/h2-4,14-16H,5-13H2,1H3. The van der Waals surface area contributed by atoms with Crippen LogP contribution in [-0.4, -0.2) is 54.4 Å². The van der Waals surface area contributed by atoms with Crippen molar-refractivity contribution in [3.63, 3.8) is 0 Å². The molecular formula is C21H27N3O4. The van der Waals surface area contributed by atoms with E-state index in [-0.39, 0.29) is 5.91 Å². The predicted molar refractivity (Wildman–Crippen MR) is 102 cm³/mol. The molecule has 2 saturated heterocycles. The molecule has 28 heavy (non-hydrogen) atoms. The Morgan fingerprint density at radius 3 is 2.75 bits per heavy atom. The molecule has 1 aromatic heterocycles. The Balaban J connectivity index is 1.29. The third-order valence-electron chi connectivity index (χ3n) is 5.75. The largest absolute Gasteiger partial charge is 0.497 e. The first-order valence-corrected chi connectivity index (χ1v) is 10.1. The highest BCUT2D eigenvalue weighted by Gasteiger charge is 2.26. The molecule has 2 aliphatic heterocycles. The maximum Gasteiger partial charge on any atom is 0.253 e. The van der Waals surface area contributed by atoms with E-state index in [0.29, 0.717) is 23.1 Å². The van der Waals surface area contributed by atoms with E-state index in [2.05, 4.69) is 10.1 Å². The van der Waals surface area contributed by atoms with E-state index in [0.717, 1.165) is 70.1 Å². The lowest BCUT2D eigenvalue weighted by Gasteiger charge is -2.31. The molecule has 7 nitrogen and oxygen atoms in total. The molecule has 1 amide bonds. The van der Waals surface area contributed by atoms with Crippen LogP contribution in [0.2, 0.25) is 0 Å². The summed E-state index contributed by atoms with van der Waals surface area (Å²) < 4.78 is 16.1.